The number of nitrogens with zero attached hydrogens (tertiary/aromatic N) is 4. The smallest absolute Gasteiger partial charge is 0.254 e. The van der Waals surface area contributed by atoms with Gasteiger partial charge in [-0.25, -0.2) is 0 Å². The summed E-state index contributed by atoms with van der Waals surface area (Å²) in [6.45, 7) is 1.67. The Balaban J connectivity index is 1.64. The van der Waals surface area contributed by atoms with Gasteiger partial charge in [0.1, 0.15) is 5.82 Å². The monoisotopic (exact) mass is 315 g/mol. The average molecular weight is 315 g/mol. The number of methoxy groups -OCH3 is 1. The first-order valence-corrected chi connectivity index (χ1v) is 7.71. The van der Waals surface area contributed by atoms with E-state index in [4.69, 9.17) is 4.74 Å². The van der Waals surface area contributed by atoms with E-state index < -0.39 is 0 Å². The van der Waals surface area contributed by atoms with E-state index in [-0.39, 0.29) is 11.9 Å². The molecule has 0 aliphatic carbocycles. The molecule has 0 spiro atoms. The van der Waals surface area contributed by atoms with Crippen molar-refractivity contribution in [1.29, 1.82) is 0 Å². The molecular formula is C16H21N5O2. The maximum Gasteiger partial charge on any atom is 0.254 e. The van der Waals surface area contributed by atoms with Crippen LogP contribution in [0, 0.1) is 0 Å². The highest BCUT2D eigenvalue weighted by Gasteiger charge is 2.23. The first-order chi connectivity index (χ1) is 11.2. The van der Waals surface area contributed by atoms with Gasteiger partial charge in [0.15, 0.2) is 0 Å². The van der Waals surface area contributed by atoms with Crippen molar-refractivity contribution in [2.75, 3.05) is 25.1 Å². The highest BCUT2D eigenvalue weighted by Crippen LogP contribution is 2.20. The summed E-state index contributed by atoms with van der Waals surface area (Å²) in [5.41, 5.74) is 0.587. The third kappa shape index (κ3) is 3.61. The minimum absolute atomic E-state index is 0.0800. The highest BCUT2D eigenvalue weighted by atomic mass is 16.5. The second-order valence-electron chi connectivity index (χ2n) is 5.70. The van der Waals surface area contributed by atoms with Crippen LogP contribution in [0.5, 0.6) is 5.88 Å². The van der Waals surface area contributed by atoms with E-state index in [1.807, 2.05) is 18.2 Å². The van der Waals surface area contributed by atoms with Crippen LogP contribution >= 0.6 is 0 Å². The lowest BCUT2D eigenvalue weighted by Crippen LogP contribution is -2.48. The zero-order chi connectivity index (χ0) is 16.2. The van der Waals surface area contributed by atoms with Crippen LogP contribution in [0.3, 0.4) is 0 Å². The van der Waals surface area contributed by atoms with Crippen molar-refractivity contribution in [1.82, 2.24) is 20.1 Å². The zero-order valence-corrected chi connectivity index (χ0v) is 13.4. The number of ether oxygens (including phenoxy) is 1. The van der Waals surface area contributed by atoms with Gasteiger partial charge in [-0.3, -0.25) is 9.48 Å². The Kier molecular flexibility index (Phi) is 4.45. The SMILES string of the molecule is COc1cccc(N2CCCC(NC(=O)c3cnn(C)c3)C2)n1. The summed E-state index contributed by atoms with van der Waals surface area (Å²) in [7, 11) is 3.41. The van der Waals surface area contributed by atoms with E-state index in [2.05, 4.69) is 20.3 Å². The van der Waals surface area contributed by atoms with Gasteiger partial charge in [0.2, 0.25) is 5.88 Å². The number of aromatic nitrogens is 3. The van der Waals surface area contributed by atoms with Gasteiger partial charge in [-0.1, -0.05) is 6.07 Å². The minimum Gasteiger partial charge on any atom is -0.481 e. The molecule has 2 aromatic rings. The Morgan fingerprint density at radius 1 is 1.43 bits per heavy atom. The number of rotatable bonds is 4. The summed E-state index contributed by atoms with van der Waals surface area (Å²) in [6, 6.07) is 5.83. The van der Waals surface area contributed by atoms with Gasteiger partial charge in [0.05, 0.1) is 18.9 Å². The molecular weight excluding hydrogens is 294 g/mol. The average Bonchev–Trinajstić information content (AvgIpc) is 3.02. The normalized spacial score (nSPS) is 17.8. The number of piperidine rings is 1. The Labute approximate surface area is 135 Å². The molecule has 1 aliphatic rings. The van der Waals surface area contributed by atoms with Crippen LogP contribution in [-0.4, -0.2) is 46.9 Å². The summed E-state index contributed by atoms with van der Waals surface area (Å²) < 4.78 is 6.81. The number of aryl methyl sites for hydroxylation is 1. The molecule has 1 saturated heterocycles. The predicted molar refractivity (Wildman–Crippen MR) is 86.7 cm³/mol. The van der Waals surface area contributed by atoms with E-state index in [1.165, 1.54) is 0 Å². The van der Waals surface area contributed by atoms with Gasteiger partial charge in [0, 0.05) is 38.4 Å². The lowest BCUT2D eigenvalue weighted by atomic mass is 10.1. The molecule has 0 saturated carbocycles. The van der Waals surface area contributed by atoms with Gasteiger partial charge in [0.25, 0.3) is 5.91 Å². The lowest BCUT2D eigenvalue weighted by Gasteiger charge is -2.34. The van der Waals surface area contributed by atoms with Crippen molar-refractivity contribution in [3.63, 3.8) is 0 Å². The standard InChI is InChI=1S/C16H21N5O2/c1-20-10-12(9-17-20)16(22)18-13-5-4-8-21(11-13)14-6-3-7-15(19-14)23-2/h3,6-7,9-10,13H,4-5,8,11H2,1-2H3,(H,18,22). The Hall–Kier alpha value is -2.57. The highest BCUT2D eigenvalue weighted by molar-refractivity contribution is 5.93. The van der Waals surface area contributed by atoms with Crippen LogP contribution in [0.25, 0.3) is 0 Å². The molecule has 3 heterocycles. The maximum atomic E-state index is 12.3. The molecule has 3 rings (SSSR count). The number of nitrogens with one attached hydrogen (secondary N) is 1. The van der Waals surface area contributed by atoms with Crippen molar-refractivity contribution < 1.29 is 9.53 Å². The lowest BCUT2D eigenvalue weighted by molar-refractivity contribution is 0.0933. The number of hydrogen-bond acceptors (Lipinski definition) is 5. The third-order valence-electron chi connectivity index (χ3n) is 3.97. The molecule has 23 heavy (non-hydrogen) atoms. The summed E-state index contributed by atoms with van der Waals surface area (Å²) in [6.07, 6.45) is 5.28. The molecule has 7 heteroatoms. The molecule has 1 amide bonds. The van der Waals surface area contributed by atoms with Crippen LogP contribution in [0.15, 0.2) is 30.6 Å². The van der Waals surface area contributed by atoms with E-state index in [9.17, 15) is 4.79 Å². The zero-order valence-electron chi connectivity index (χ0n) is 13.4. The molecule has 1 fully saturated rings. The predicted octanol–water partition coefficient (Wildman–Crippen LogP) is 1.22. The number of carbonyl (C=O) groups is 1. The number of anilines is 1. The molecule has 1 aliphatic heterocycles. The van der Waals surface area contributed by atoms with Crippen LogP contribution in [0.2, 0.25) is 0 Å². The molecule has 122 valence electrons. The van der Waals surface area contributed by atoms with Crippen LogP contribution in [-0.2, 0) is 7.05 Å². The summed E-state index contributed by atoms with van der Waals surface area (Å²) in [4.78, 5) is 18.9. The van der Waals surface area contributed by atoms with Crippen molar-refractivity contribution in [2.45, 2.75) is 18.9 Å². The molecule has 1 N–H and O–H groups in total. The quantitative estimate of drug-likeness (QED) is 0.918. The number of pyridine rings is 1. The van der Waals surface area contributed by atoms with E-state index in [0.29, 0.717) is 11.4 Å². The maximum absolute atomic E-state index is 12.3. The number of carbonyl (C=O) groups excluding carboxylic acids is 1. The topological polar surface area (TPSA) is 72.3 Å². The van der Waals surface area contributed by atoms with Crippen molar-refractivity contribution >= 4 is 11.7 Å². The number of amides is 1. The molecule has 2 aromatic heterocycles. The fourth-order valence-electron chi connectivity index (χ4n) is 2.80. The van der Waals surface area contributed by atoms with Gasteiger partial charge in [-0.05, 0) is 18.9 Å². The van der Waals surface area contributed by atoms with Crippen molar-refractivity contribution in [2.24, 2.45) is 7.05 Å². The fourth-order valence-corrected chi connectivity index (χ4v) is 2.80. The summed E-state index contributed by atoms with van der Waals surface area (Å²) in [5, 5.41) is 7.12. The second kappa shape index (κ2) is 6.68. The van der Waals surface area contributed by atoms with Gasteiger partial charge in [-0.2, -0.15) is 10.1 Å². The fraction of sp³-hybridized carbons (Fsp3) is 0.438. The molecule has 1 unspecified atom stereocenters. The Morgan fingerprint density at radius 2 is 2.30 bits per heavy atom. The van der Waals surface area contributed by atoms with E-state index in [0.717, 1.165) is 31.7 Å². The van der Waals surface area contributed by atoms with Gasteiger partial charge >= 0.3 is 0 Å². The first-order valence-electron chi connectivity index (χ1n) is 7.71. The molecule has 0 bridgehead atoms. The van der Waals surface area contributed by atoms with Crippen LogP contribution in [0.4, 0.5) is 5.82 Å². The summed E-state index contributed by atoms with van der Waals surface area (Å²) in [5.74, 6) is 1.40. The largest absolute Gasteiger partial charge is 0.481 e. The summed E-state index contributed by atoms with van der Waals surface area (Å²) >= 11 is 0. The Morgan fingerprint density at radius 3 is 3.04 bits per heavy atom. The molecule has 7 nitrogen and oxygen atoms in total. The third-order valence-corrected chi connectivity index (χ3v) is 3.97. The number of hydrogen-bond donors (Lipinski definition) is 1. The van der Waals surface area contributed by atoms with Crippen molar-refractivity contribution in [3.05, 3.63) is 36.2 Å². The molecule has 0 radical (unpaired) electrons. The van der Waals surface area contributed by atoms with E-state index in [1.54, 1.807) is 31.2 Å². The van der Waals surface area contributed by atoms with Crippen LogP contribution in [0.1, 0.15) is 23.2 Å². The minimum atomic E-state index is -0.0800. The van der Waals surface area contributed by atoms with Gasteiger partial charge in [-0.15, -0.1) is 0 Å². The second-order valence-corrected chi connectivity index (χ2v) is 5.70. The Bertz CT molecular complexity index is 685. The van der Waals surface area contributed by atoms with Gasteiger partial charge < -0.3 is 15.0 Å². The van der Waals surface area contributed by atoms with Crippen LogP contribution < -0.4 is 15.0 Å². The molecule has 0 aromatic carbocycles. The first kappa shape index (κ1) is 15.3. The van der Waals surface area contributed by atoms with E-state index >= 15 is 0 Å². The van der Waals surface area contributed by atoms with Crippen molar-refractivity contribution in [3.8, 4) is 5.88 Å². The molecule has 1 atom stereocenters.